The molecule has 1 aromatic heterocycles. The summed E-state index contributed by atoms with van der Waals surface area (Å²) >= 11 is 0. The van der Waals surface area contributed by atoms with Gasteiger partial charge in [0.2, 0.25) is 5.91 Å². The highest BCUT2D eigenvalue weighted by atomic mass is 16.5. The van der Waals surface area contributed by atoms with E-state index in [4.69, 9.17) is 4.74 Å². The second-order valence-electron chi connectivity index (χ2n) is 6.90. The molecule has 2 aromatic rings. The lowest BCUT2D eigenvalue weighted by Gasteiger charge is -2.25. The number of esters is 1. The Morgan fingerprint density at radius 2 is 2.00 bits per heavy atom. The minimum absolute atomic E-state index is 0.0666. The average molecular weight is 371 g/mol. The smallest absolute Gasteiger partial charge is 0.310 e. The number of aryl methyl sites for hydroxylation is 3. The molecule has 0 N–H and O–H groups in total. The van der Waals surface area contributed by atoms with E-state index in [1.165, 1.54) is 12.7 Å². The van der Waals surface area contributed by atoms with Crippen LogP contribution < -0.4 is 0 Å². The number of ether oxygens (including phenoxy) is 1. The summed E-state index contributed by atoms with van der Waals surface area (Å²) in [6, 6.07) is 8.23. The number of methoxy groups -OCH3 is 1. The van der Waals surface area contributed by atoms with Crippen LogP contribution in [0, 0.1) is 12.8 Å². The van der Waals surface area contributed by atoms with Crippen molar-refractivity contribution in [2.45, 2.75) is 39.7 Å². The van der Waals surface area contributed by atoms with Gasteiger partial charge in [-0.2, -0.15) is 0 Å². The lowest BCUT2D eigenvalue weighted by atomic mass is 10.1. The molecular formula is C21H29N3O3. The first-order valence-corrected chi connectivity index (χ1v) is 9.36. The number of aromatic nitrogens is 2. The molecule has 0 saturated carbocycles. The lowest BCUT2D eigenvalue weighted by molar-refractivity contribution is -0.146. The molecule has 1 heterocycles. The SMILES string of the molecule is COC(=O)C(C)CN(CCCn1ccnc1)C(=O)CCc1ccc(C)cc1. The molecule has 0 fully saturated rings. The highest BCUT2D eigenvalue weighted by Crippen LogP contribution is 2.10. The van der Waals surface area contributed by atoms with E-state index in [0.717, 1.165) is 18.5 Å². The van der Waals surface area contributed by atoms with Crippen LogP contribution in [-0.4, -0.2) is 46.5 Å². The molecule has 0 bridgehead atoms. The van der Waals surface area contributed by atoms with Gasteiger partial charge in [0.05, 0.1) is 19.4 Å². The molecule has 6 nitrogen and oxygen atoms in total. The molecule has 0 aliphatic carbocycles. The Morgan fingerprint density at radius 3 is 2.63 bits per heavy atom. The summed E-state index contributed by atoms with van der Waals surface area (Å²) in [6.45, 7) is 5.61. The predicted octanol–water partition coefficient (Wildman–Crippen LogP) is 2.85. The van der Waals surface area contributed by atoms with Crippen LogP contribution in [0.1, 0.15) is 30.9 Å². The van der Waals surface area contributed by atoms with E-state index in [1.54, 1.807) is 24.3 Å². The molecule has 1 unspecified atom stereocenters. The maximum atomic E-state index is 12.8. The Morgan fingerprint density at radius 1 is 1.26 bits per heavy atom. The maximum absolute atomic E-state index is 12.8. The fourth-order valence-corrected chi connectivity index (χ4v) is 2.95. The monoisotopic (exact) mass is 371 g/mol. The normalized spacial score (nSPS) is 11.8. The van der Waals surface area contributed by atoms with E-state index < -0.39 is 0 Å². The van der Waals surface area contributed by atoms with Crippen LogP contribution in [-0.2, 0) is 27.3 Å². The minimum Gasteiger partial charge on any atom is -0.469 e. The molecule has 27 heavy (non-hydrogen) atoms. The van der Waals surface area contributed by atoms with Gasteiger partial charge in [-0.15, -0.1) is 0 Å². The number of carbonyl (C=O) groups excluding carboxylic acids is 2. The summed E-state index contributed by atoms with van der Waals surface area (Å²) < 4.78 is 6.79. The maximum Gasteiger partial charge on any atom is 0.310 e. The van der Waals surface area contributed by atoms with Gasteiger partial charge >= 0.3 is 5.97 Å². The number of nitrogens with zero attached hydrogens (tertiary/aromatic N) is 3. The van der Waals surface area contributed by atoms with E-state index in [9.17, 15) is 9.59 Å². The van der Waals surface area contributed by atoms with Crippen molar-refractivity contribution in [3.63, 3.8) is 0 Å². The van der Waals surface area contributed by atoms with Crippen LogP contribution in [0.25, 0.3) is 0 Å². The first-order chi connectivity index (χ1) is 13.0. The van der Waals surface area contributed by atoms with Crippen molar-refractivity contribution in [1.82, 2.24) is 14.5 Å². The standard InChI is InChI=1S/C21H29N3O3/c1-17-5-7-19(8-6-17)9-10-20(25)24(15-18(2)21(26)27-3)13-4-12-23-14-11-22-16-23/h5-8,11,14,16,18H,4,9-10,12-13,15H2,1-3H3. The van der Waals surface area contributed by atoms with Gasteiger partial charge in [0.25, 0.3) is 0 Å². The van der Waals surface area contributed by atoms with E-state index in [-0.39, 0.29) is 17.8 Å². The summed E-state index contributed by atoms with van der Waals surface area (Å²) in [5.41, 5.74) is 2.35. The molecule has 6 heteroatoms. The zero-order valence-corrected chi connectivity index (χ0v) is 16.4. The van der Waals surface area contributed by atoms with Gasteiger partial charge in [-0.05, 0) is 25.3 Å². The highest BCUT2D eigenvalue weighted by molar-refractivity contribution is 5.78. The average Bonchev–Trinajstić information content (AvgIpc) is 3.19. The second-order valence-corrected chi connectivity index (χ2v) is 6.90. The van der Waals surface area contributed by atoms with Gasteiger partial charge in [-0.25, -0.2) is 4.98 Å². The first-order valence-electron chi connectivity index (χ1n) is 9.36. The van der Waals surface area contributed by atoms with Crippen molar-refractivity contribution in [2.75, 3.05) is 20.2 Å². The Hall–Kier alpha value is -2.63. The van der Waals surface area contributed by atoms with Gasteiger partial charge in [0, 0.05) is 38.4 Å². The third kappa shape index (κ3) is 6.89. The van der Waals surface area contributed by atoms with Gasteiger partial charge in [-0.1, -0.05) is 36.8 Å². The molecule has 146 valence electrons. The van der Waals surface area contributed by atoms with Crippen LogP contribution >= 0.6 is 0 Å². The number of amides is 1. The lowest BCUT2D eigenvalue weighted by Crippen LogP contribution is -2.38. The molecule has 0 aliphatic rings. The Kier molecular flexibility index (Phi) is 8.04. The number of carbonyl (C=O) groups is 2. The predicted molar refractivity (Wildman–Crippen MR) is 104 cm³/mol. The van der Waals surface area contributed by atoms with Gasteiger partial charge < -0.3 is 14.2 Å². The van der Waals surface area contributed by atoms with Crippen LogP contribution in [0.4, 0.5) is 0 Å². The molecule has 1 aromatic carbocycles. The van der Waals surface area contributed by atoms with Gasteiger partial charge in [0.15, 0.2) is 0 Å². The molecule has 0 aliphatic heterocycles. The topological polar surface area (TPSA) is 64.4 Å². The van der Waals surface area contributed by atoms with Gasteiger partial charge in [-0.3, -0.25) is 9.59 Å². The highest BCUT2D eigenvalue weighted by Gasteiger charge is 2.21. The molecule has 0 spiro atoms. The number of hydrogen-bond donors (Lipinski definition) is 0. The second kappa shape index (κ2) is 10.5. The molecule has 0 radical (unpaired) electrons. The fraction of sp³-hybridized carbons (Fsp3) is 0.476. The summed E-state index contributed by atoms with van der Waals surface area (Å²) in [4.78, 5) is 30.4. The number of rotatable bonds is 10. The number of imidazole rings is 1. The van der Waals surface area contributed by atoms with Crippen LogP contribution in [0.2, 0.25) is 0 Å². The van der Waals surface area contributed by atoms with Gasteiger partial charge in [0.1, 0.15) is 0 Å². The summed E-state index contributed by atoms with van der Waals surface area (Å²) in [6.07, 6.45) is 7.34. The Balaban J connectivity index is 1.92. The third-order valence-corrected chi connectivity index (χ3v) is 4.60. The largest absolute Gasteiger partial charge is 0.469 e. The summed E-state index contributed by atoms with van der Waals surface area (Å²) in [5.74, 6) is -0.565. The molecule has 1 amide bonds. The van der Waals surface area contributed by atoms with Crippen molar-refractivity contribution in [3.05, 3.63) is 54.1 Å². The molecular weight excluding hydrogens is 342 g/mol. The van der Waals surface area contributed by atoms with Crippen molar-refractivity contribution in [2.24, 2.45) is 5.92 Å². The number of benzene rings is 1. The molecule has 1 atom stereocenters. The number of hydrogen-bond acceptors (Lipinski definition) is 4. The summed E-state index contributed by atoms with van der Waals surface area (Å²) in [7, 11) is 1.38. The van der Waals surface area contributed by atoms with Crippen molar-refractivity contribution < 1.29 is 14.3 Å². The summed E-state index contributed by atoms with van der Waals surface area (Å²) in [5, 5.41) is 0. The van der Waals surface area contributed by atoms with Crippen molar-refractivity contribution >= 4 is 11.9 Å². The molecule has 0 saturated heterocycles. The Labute approximate surface area is 161 Å². The van der Waals surface area contributed by atoms with E-state index in [0.29, 0.717) is 25.9 Å². The van der Waals surface area contributed by atoms with Crippen LogP contribution in [0.5, 0.6) is 0 Å². The van der Waals surface area contributed by atoms with E-state index >= 15 is 0 Å². The zero-order valence-electron chi connectivity index (χ0n) is 16.4. The van der Waals surface area contributed by atoms with Crippen LogP contribution in [0.3, 0.4) is 0 Å². The van der Waals surface area contributed by atoms with E-state index in [2.05, 4.69) is 29.2 Å². The van der Waals surface area contributed by atoms with Crippen LogP contribution in [0.15, 0.2) is 43.0 Å². The third-order valence-electron chi connectivity index (χ3n) is 4.60. The van der Waals surface area contributed by atoms with E-state index in [1.807, 2.05) is 17.7 Å². The molecule has 2 rings (SSSR count). The Bertz CT molecular complexity index is 711. The van der Waals surface area contributed by atoms with Crippen molar-refractivity contribution in [1.29, 1.82) is 0 Å². The fourth-order valence-electron chi connectivity index (χ4n) is 2.95. The zero-order chi connectivity index (χ0) is 19.6. The quantitative estimate of drug-likeness (QED) is 0.603. The minimum atomic E-state index is -0.341. The first kappa shape index (κ1) is 20.7. The van der Waals surface area contributed by atoms with Crippen molar-refractivity contribution in [3.8, 4) is 0 Å².